The van der Waals surface area contributed by atoms with E-state index in [9.17, 15) is 10.1 Å². The molecule has 0 aliphatic carbocycles. The van der Waals surface area contributed by atoms with Gasteiger partial charge in [-0.25, -0.2) is 0 Å². The van der Waals surface area contributed by atoms with Gasteiger partial charge in [-0.15, -0.1) is 0 Å². The summed E-state index contributed by atoms with van der Waals surface area (Å²) in [6, 6.07) is 18.3. The van der Waals surface area contributed by atoms with Crippen molar-refractivity contribution in [3.8, 4) is 6.07 Å². The van der Waals surface area contributed by atoms with Crippen LogP contribution in [-0.4, -0.2) is 5.91 Å². The molecule has 2 aromatic rings. The number of nitrogens with one attached hydrogen (secondary N) is 1. The standard InChI is InChI=1S/C18H15ClN2O/c1-13(15-5-3-2-4-6-15)21-18(22)16(12-20)11-14-7-9-17(19)10-8-14/h2-11,13H,1H3,(H,21,22). The first-order valence-electron chi connectivity index (χ1n) is 6.83. The van der Waals surface area contributed by atoms with Crippen molar-refractivity contribution in [2.75, 3.05) is 0 Å². The third-order valence-corrected chi connectivity index (χ3v) is 3.45. The highest BCUT2D eigenvalue weighted by Gasteiger charge is 2.13. The predicted molar refractivity (Wildman–Crippen MR) is 88.0 cm³/mol. The van der Waals surface area contributed by atoms with E-state index in [2.05, 4.69) is 5.32 Å². The number of amides is 1. The minimum absolute atomic E-state index is 0.0603. The highest BCUT2D eigenvalue weighted by molar-refractivity contribution is 6.30. The summed E-state index contributed by atoms with van der Waals surface area (Å²) < 4.78 is 0. The molecule has 2 rings (SSSR count). The van der Waals surface area contributed by atoms with E-state index in [1.54, 1.807) is 30.3 Å². The first kappa shape index (κ1) is 15.8. The molecule has 4 heteroatoms. The van der Waals surface area contributed by atoms with Crippen LogP contribution in [0.1, 0.15) is 24.1 Å². The zero-order chi connectivity index (χ0) is 15.9. The number of nitriles is 1. The molecule has 1 atom stereocenters. The lowest BCUT2D eigenvalue weighted by atomic mass is 10.1. The van der Waals surface area contributed by atoms with Crippen LogP contribution in [0.5, 0.6) is 0 Å². The molecule has 110 valence electrons. The first-order chi connectivity index (χ1) is 10.6. The lowest BCUT2D eigenvalue weighted by molar-refractivity contribution is -0.117. The predicted octanol–water partition coefficient (Wildman–Crippen LogP) is 4.12. The molecule has 0 aliphatic heterocycles. The van der Waals surface area contributed by atoms with E-state index in [4.69, 9.17) is 11.6 Å². The Balaban J connectivity index is 2.12. The van der Waals surface area contributed by atoms with Crippen LogP contribution in [0.25, 0.3) is 6.08 Å². The van der Waals surface area contributed by atoms with Gasteiger partial charge in [0.25, 0.3) is 5.91 Å². The number of nitrogens with zero attached hydrogens (tertiary/aromatic N) is 1. The fraction of sp³-hybridized carbons (Fsp3) is 0.111. The van der Waals surface area contributed by atoms with Crippen LogP contribution in [0, 0.1) is 11.3 Å². The number of hydrogen-bond donors (Lipinski definition) is 1. The lowest BCUT2D eigenvalue weighted by Gasteiger charge is -2.13. The Morgan fingerprint density at radius 2 is 1.82 bits per heavy atom. The topological polar surface area (TPSA) is 52.9 Å². The van der Waals surface area contributed by atoms with Crippen molar-refractivity contribution in [2.45, 2.75) is 13.0 Å². The summed E-state index contributed by atoms with van der Waals surface area (Å²) >= 11 is 5.82. The quantitative estimate of drug-likeness (QED) is 0.682. The van der Waals surface area contributed by atoms with Crippen LogP contribution < -0.4 is 5.32 Å². The lowest BCUT2D eigenvalue weighted by Crippen LogP contribution is -2.27. The molecule has 1 amide bonds. The van der Waals surface area contributed by atoms with E-state index in [0.717, 1.165) is 11.1 Å². The van der Waals surface area contributed by atoms with Gasteiger partial charge in [0, 0.05) is 5.02 Å². The van der Waals surface area contributed by atoms with Gasteiger partial charge in [0.2, 0.25) is 0 Å². The normalized spacial score (nSPS) is 12.3. The molecule has 2 aromatic carbocycles. The van der Waals surface area contributed by atoms with Gasteiger partial charge in [-0.1, -0.05) is 54.1 Å². The van der Waals surface area contributed by atoms with Gasteiger partial charge in [0.1, 0.15) is 11.6 Å². The maximum absolute atomic E-state index is 12.2. The van der Waals surface area contributed by atoms with Gasteiger partial charge in [0.05, 0.1) is 6.04 Å². The first-order valence-corrected chi connectivity index (χ1v) is 7.21. The van der Waals surface area contributed by atoms with E-state index in [1.165, 1.54) is 0 Å². The second-order valence-electron chi connectivity index (χ2n) is 4.83. The zero-order valence-corrected chi connectivity index (χ0v) is 12.8. The second kappa shape index (κ2) is 7.44. The number of halogens is 1. The summed E-state index contributed by atoms with van der Waals surface area (Å²) in [6.07, 6.45) is 1.55. The molecule has 1 unspecified atom stereocenters. The van der Waals surface area contributed by atoms with Gasteiger partial charge < -0.3 is 5.32 Å². The van der Waals surface area contributed by atoms with Crippen molar-refractivity contribution in [1.82, 2.24) is 5.32 Å². The second-order valence-corrected chi connectivity index (χ2v) is 5.26. The average Bonchev–Trinajstić information content (AvgIpc) is 2.55. The molecule has 0 fully saturated rings. The molecule has 1 N–H and O–H groups in total. The molecule has 0 bridgehead atoms. The summed E-state index contributed by atoms with van der Waals surface area (Å²) in [5.74, 6) is -0.395. The van der Waals surface area contributed by atoms with Crippen LogP contribution in [0.4, 0.5) is 0 Å². The van der Waals surface area contributed by atoms with Crippen molar-refractivity contribution in [3.63, 3.8) is 0 Å². The zero-order valence-electron chi connectivity index (χ0n) is 12.1. The van der Waals surface area contributed by atoms with E-state index in [-0.39, 0.29) is 11.6 Å². The minimum atomic E-state index is -0.395. The third-order valence-electron chi connectivity index (χ3n) is 3.19. The molecule has 0 radical (unpaired) electrons. The monoisotopic (exact) mass is 310 g/mol. The van der Waals surface area contributed by atoms with Crippen LogP contribution in [0.3, 0.4) is 0 Å². The molecular formula is C18H15ClN2O. The minimum Gasteiger partial charge on any atom is -0.345 e. The summed E-state index contributed by atoms with van der Waals surface area (Å²) in [5, 5.41) is 12.6. The SMILES string of the molecule is CC(NC(=O)C(C#N)=Cc1ccc(Cl)cc1)c1ccccc1. The fourth-order valence-electron chi connectivity index (χ4n) is 1.97. The number of carbonyl (C=O) groups excluding carboxylic acids is 1. The highest BCUT2D eigenvalue weighted by Crippen LogP contribution is 2.15. The van der Waals surface area contributed by atoms with E-state index < -0.39 is 5.91 Å². The average molecular weight is 311 g/mol. The fourth-order valence-corrected chi connectivity index (χ4v) is 2.10. The van der Waals surface area contributed by atoms with E-state index in [1.807, 2.05) is 43.3 Å². The summed E-state index contributed by atoms with van der Waals surface area (Å²) in [4.78, 5) is 12.2. The molecule has 0 heterocycles. The number of rotatable bonds is 4. The Kier molecular flexibility index (Phi) is 5.35. The molecule has 0 spiro atoms. The Morgan fingerprint density at radius 3 is 2.41 bits per heavy atom. The van der Waals surface area contributed by atoms with Crippen molar-refractivity contribution in [3.05, 3.63) is 76.3 Å². The van der Waals surface area contributed by atoms with Gasteiger partial charge in [0.15, 0.2) is 0 Å². The summed E-state index contributed by atoms with van der Waals surface area (Å²) in [6.45, 7) is 1.88. The summed E-state index contributed by atoms with van der Waals surface area (Å²) in [5.41, 5.74) is 1.80. The van der Waals surface area contributed by atoms with Crippen molar-refractivity contribution < 1.29 is 4.79 Å². The molecule has 0 aliphatic rings. The van der Waals surface area contributed by atoms with Crippen LogP contribution in [0.15, 0.2) is 60.2 Å². The molecule has 0 saturated carbocycles. The highest BCUT2D eigenvalue weighted by atomic mass is 35.5. The number of benzene rings is 2. The van der Waals surface area contributed by atoms with Crippen LogP contribution >= 0.6 is 11.6 Å². The molecule has 0 aromatic heterocycles. The molecule has 3 nitrogen and oxygen atoms in total. The Hall–Kier alpha value is -2.57. The van der Waals surface area contributed by atoms with Crippen LogP contribution in [0.2, 0.25) is 5.02 Å². The molecule has 22 heavy (non-hydrogen) atoms. The van der Waals surface area contributed by atoms with Crippen molar-refractivity contribution >= 4 is 23.6 Å². The largest absolute Gasteiger partial charge is 0.345 e. The Labute approximate surface area is 134 Å². The Bertz CT molecular complexity index is 715. The van der Waals surface area contributed by atoms with E-state index in [0.29, 0.717) is 5.02 Å². The molecular weight excluding hydrogens is 296 g/mol. The third kappa shape index (κ3) is 4.21. The molecule has 0 saturated heterocycles. The smallest absolute Gasteiger partial charge is 0.262 e. The summed E-state index contributed by atoms with van der Waals surface area (Å²) in [7, 11) is 0. The van der Waals surface area contributed by atoms with Gasteiger partial charge in [-0.2, -0.15) is 5.26 Å². The van der Waals surface area contributed by atoms with Gasteiger partial charge in [-0.05, 0) is 36.3 Å². The van der Waals surface area contributed by atoms with Crippen molar-refractivity contribution in [1.29, 1.82) is 5.26 Å². The number of hydrogen-bond acceptors (Lipinski definition) is 2. The maximum atomic E-state index is 12.2. The van der Waals surface area contributed by atoms with E-state index >= 15 is 0 Å². The van der Waals surface area contributed by atoms with Crippen LogP contribution in [-0.2, 0) is 4.79 Å². The number of carbonyl (C=O) groups is 1. The van der Waals surface area contributed by atoms with Crippen molar-refractivity contribution in [2.24, 2.45) is 0 Å². The van der Waals surface area contributed by atoms with Gasteiger partial charge >= 0.3 is 0 Å². The maximum Gasteiger partial charge on any atom is 0.262 e. The Morgan fingerprint density at radius 1 is 1.18 bits per heavy atom. The van der Waals surface area contributed by atoms with Gasteiger partial charge in [-0.3, -0.25) is 4.79 Å².